The number of carbonyl (C=O) groups excluding carboxylic acids is 1. The molecule has 0 aliphatic heterocycles. The predicted molar refractivity (Wildman–Crippen MR) is 53.1 cm³/mol. The predicted octanol–water partition coefficient (Wildman–Crippen LogP) is 3.20. The monoisotopic (exact) mass is 168 g/mol. The van der Waals surface area contributed by atoms with E-state index in [0.717, 1.165) is 12.7 Å². The van der Waals surface area contributed by atoms with Crippen molar-refractivity contribution in [3.63, 3.8) is 0 Å². The minimum absolute atomic E-state index is 0.155. The van der Waals surface area contributed by atoms with Crippen LogP contribution in [0.2, 0.25) is 0 Å². The van der Waals surface area contributed by atoms with E-state index in [1.54, 1.807) is 0 Å². The Labute approximate surface area is 75.9 Å². The van der Waals surface area contributed by atoms with Gasteiger partial charge < -0.3 is 4.79 Å². The number of aldehydes is 1. The highest BCUT2D eigenvalue weighted by Crippen LogP contribution is 2.10. The first-order chi connectivity index (χ1) is 5.72. The van der Waals surface area contributed by atoms with Crippen LogP contribution in [0.25, 0.3) is 0 Å². The zero-order chi connectivity index (χ0) is 9.40. The molecule has 0 aromatic rings. The summed E-state index contributed by atoms with van der Waals surface area (Å²) in [5.74, 6) is 0.544. The molecular formula is C11H20O. The third kappa shape index (κ3) is 5.11. The molecule has 0 rings (SSSR count). The average molecular weight is 168 g/mol. The van der Waals surface area contributed by atoms with Crippen LogP contribution in [-0.2, 0) is 4.79 Å². The number of hydrogen-bond acceptors (Lipinski definition) is 1. The van der Waals surface area contributed by atoms with Crippen molar-refractivity contribution >= 4 is 6.29 Å². The highest BCUT2D eigenvalue weighted by molar-refractivity contribution is 5.53. The second-order valence-corrected chi connectivity index (χ2v) is 3.42. The number of allylic oxidation sites excluding steroid dienone is 2. The van der Waals surface area contributed by atoms with Crippen molar-refractivity contribution < 1.29 is 4.79 Å². The number of carbonyl (C=O) groups is 1. The van der Waals surface area contributed by atoms with E-state index in [1.807, 2.05) is 6.92 Å². The molecule has 0 unspecified atom stereocenters. The fourth-order valence-electron chi connectivity index (χ4n) is 0.932. The van der Waals surface area contributed by atoms with Gasteiger partial charge in [0.05, 0.1) is 0 Å². The van der Waals surface area contributed by atoms with Crippen molar-refractivity contribution in [3.05, 3.63) is 12.2 Å². The lowest BCUT2D eigenvalue weighted by atomic mass is 9.97. The number of hydrogen-bond donors (Lipinski definition) is 0. The fourth-order valence-corrected chi connectivity index (χ4v) is 0.932. The van der Waals surface area contributed by atoms with E-state index >= 15 is 0 Å². The molecule has 0 N–H and O–H groups in total. The summed E-state index contributed by atoms with van der Waals surface area (Å²) in [6.45, 7) is 6.23. The fraction of sp³-hybridized carbons (Fsp3) is 0.727. The van der Waals surface area contributed by atoms with E-state index in [9.17, 15) is 4.79 Å². The van der Waals surface area contributed by atoms with Crippen LogP contribution in [0.3, 0.4) is 0 Å². The molecule has 0 fully saturated rings. The molecule has 0 aliphatic rings. The van der Waals surface area contributed by atoms with Gasteiger partial charge in [-0.3, -0.25) is 0 Å². The highest BCUT2D eigenvalue weighted by atomic mass is 16.1. The van der Waals surface area contributed by atoms with Crippen LogP contribution in [0.1, 0.15) is 40.0 Å². The van der Waals surface area contributed by atoms with Gasteiger partial charge in [0.15, 0.2) is 0 Å². The van der Waals surface area contributed by atoms with Gasteiger partial charge in [0.25, 0.3) is 0 Å². The zero-order valence-electron chi connectivity index (χ0n) is 8.42. The summed E-state index contributed by atoms with van der Waals surface area (Å²) in [5, 5.41) is 0. The van der Waals surface area contributed by atoms with Crippen molar-refractivity contribution in [2.75, 3.05) is 0 Å². The molecule has 0 amide bonds. The second-order valence-electron chi connectivity index (χ2n) is 3.42. The maximum Gasteiger partial charge on any atom is 0.123 e. The molecule has 2 atom stereocenters. The molecule has 0 aromatic carbocycles. The topological polar surface area (TPSA) is 17.1 Å². The molecule has 12 heavy (non-hydrogen) atoms. The zero-order valence-corrected chi connectivity index (χ0v) is 8.42. The van der Waals surface area contributed by atoms with Gasteiger partial charge in [-0.25, -0.2) is 0 Å². The SMILES string of the molecule is CCCC/C=C/[C@H](C)[C@@H](C)C=O. The van der Waals surface area contributed by atoms with Crippen molar-refractivity contribution in [3.8, 4) is 0 Å². The average Bonchev–Trinajstić information content (AvgIpc) is 2.10. The second kappa shape index (κ2) is 7.08. The third-order valence-electron chi connectivity index (χ3n) is 2.21. The summed E-state index contributed by atoms with van der Waals surface area (Å²) in [4.78, 5) is 10.4. The maximum atomic E-state index is 10.4. The van der Waals surface area contributed by atoms with E-state index < -0.39 is 0 Å². The van der Waals surface area contributed by atoms with Crippen LogP contribution in [0.5, 0.6) is 0 Å². The van der Waals surface area contributed by atoms with Crippen LogP contribution in [0, 0.1) is 11.8 Å². The van der Waals surface area contributed by atoms with Gasteiger partial charge in [0.1, 0.15) is 6.29 Å². The maximum absolute atomic E-state index is 10.4. The van der Waals surface area contributed by atoms with E-state index in [2.05, 4.69) is 26.0 Å². The van der Waals surface area contributed by atoms with E-state index in [1.165, 1.54) is 12.8 Å². The summed E-state index contributed by atoms with van der Waals surface area (Å²) < 4.78 is 0. The molecule has 70 valence electrons. The summed E-state index contributed by atoms with van der Waals surface area (Å²) in [6.07, 6.45) is 8.99. The Morgan fingerprint density at radius 1 is 1.25 bits per heavy atom. The van der Waals surface area contributed by atoms with E-state index in [4.69, 9.17) is 0 Å². The Morgan fingerprint density at radius 2 is 1.92 bits per heavy atom. The molecule has 0 aromatic heterocycles. The Balaban J connectivity index is 3.59. The van der Waals surface area contributed by atoms with Crippen molar-refractivity contribution in [1.82, 2.24) is 0 Å². The third-order valence-corrected chi connectivity index (χ3v) is 2.21. The van der Waals surface area contributed by atoms with Gasteiger partial charge in [0.2, 0.25) is 0 Å². The Morgan fingerprint density at radius 3 is 2.42 bits per heavy atom. The molecule has 0 saturated heterocycles. The van der Waals surface area contributed by atoms with Crippen LogP contribution < -0.4 is 0 Å². The first-order valence-corrected chi connectivity index (χ1v) is 4.84. The molecule has 1 heteroatoms. The van der Waals surface area contributed by atoms with Crippen LogP contribution in [0.4, 0.5) is 0 Å². The molecular weight excluding hydrogens is 148 g/mol. The molecule has 0 heterocycles. The summed E-state index contributed by atoms with van der Waals surface area (Å²) in [6, 6.07) is 0. The minimum Gasteiger partial charge on any atom is -0.303 e. The molecule has 0 aliphatic carbocycles. The highest BCUT2D eigenvalue weighted by Gasteiger charge is 2.05. The first kappa shape index (κ1) is 11.4. The van der Waals surface area contributed by atoms with Crippen molar-refractivity contribution in [2.45, 2.75) is 40.0 Å². The van der Waals surface area contributed by atoms with Gasteiger partial charge in [-0.1, -0.05) is 45.8 Å². The smallest absolute Gasteiger partial charge is 0.123 e. The Bertz CT molecular complexity index is 138. The Kier molecular flexibility index (Phi) is 6.73. The largest absolute Gasteiger partial charge is 0.303 e. The van der Waals surface area contributed by atoms with Gasteiger partial charge in [0, 0.05) is 5.92 Å². The van der Waals surface area contributed by atoms with Crippen molar-refractivity contribution in [2.24, 2.45) is 11.8 Å². The van der Waals surface area contributed by atoms with Gasteiger partial charge in [-0.05, 0) is 12.3 Å². The van der Waals surface area contributed by atoms with E-state index in [-0.39, 0.29) is 5.92 Å². The van der Waals surface area contributed by atoms with Gasteiger partial charge in [-0.15, -0.1) is 0 Å². The Hall–Kier alpha value is -0.590. The van der Waals surface area contributed by atoms with Crippen LogP contribution in [0.15, 0.2) is 12.2 Å². The molecule has 0 saturated carbocycles. The number of rotatable bonds is 6. The summed E-state index contributed by atoms with van der Waals surface area (Å²) in [5.41, 5.74) is 0. The molecule has 0 bridgehead atoms. The summed E-state index contributed by atoms with van der Waals surface area (Å²) in [7, 11) is 0. The quantitative estimate of drug-likeness (QED) is 0.338. The van der Waals surface area contributed by atoms with Crippen molar-refractivity contribution in [1.29, 1.82) is 0 Å². The van der Waals surface area contributed by atoms with E-state index in [0.29, 0.717) is 5.92 Å². The van der Waals surface area contributed by atoms with Gasteiger partial charge in [-0.2, -0.15) is 0 Å². The summed E-state index contributed by atoms with van der Waals surface area (Å²) >= 11 is 0. The first-order valence-electron chi connectivity index (χ1n) is 4.84. The molecule has 0 spiro atoms. The van der Waals surface area contributed by atoms with Crippen LogP contribution in [-0.4, -0.2) is 6.29 Å². The normalized spacial score (nSPS) is 16.2. The number of unbranched alkanes of at least 4 members (excludes halogenated alkanes) is 2. The van der Waals surface area contributed by atoms with Crippen LogP contribution >= 0.6 is 0 Å². The standard InChI is InChI=1S/C11H20O/c1-4-5-6-7-8-10(2)11(3)9-12/h7-11H,4-6H2,1-3H3/b8-7+/t10-,11-/m0/s1. The molecule has 0 radical (unpaired) electrons. The minimum atomic E-state index is 0.155. The lowest BCUT2D eigenvalue weighted by molar-refractivity contribution is -0.111. The lowest BCUT2D eigenvalue weighted by Crippen LogP contribution is -2.05. The molecule has 1 nitrogen and oxygen atoms in total. The van der Waals surface area contributed by atoms with Gasteiger partial charge >= 0.3 is 0 Å². The lowest BCUT2D eigenvalue weighted by Gasteiger charge is -2.07.